The third kappa shape index (κ3) is 3.55. The van der Waals surface area contributed by atoms with Crippen molar-refractivity contribution in [3.05, 3.63) is 16.3 Å². The second-order valence-electron chi connectivity index (χ2n) is 3.60. The Morgan fingerprint density at radius 1 is 1.62 bits per heavy atom. The molecule has 0 spiro atoms. The predicted octanol–water partition coefficient (Wildman–Crippen LogP) is 3.21. The van der Waals surface area contributed by atoms with E-state index < -0.39 is 0 Å². The zero-order chi connectivity index (χ0) is 11.8. The minimum Gasteiger partial charge on any atom is -0.496 e. The molecule has 2 nitrogen and oxygen atoms in total. The van der Waals surface area contributed by atoms with Gasteiger partial charge in [-0.3, -0.25) is 0 Å². The van der Waals surface area contributed by atoms with Gasteiger partial charge in [-0.15, -0.1) is 23.7 Å². The lowest BCUT2D eigenvalue weighted by atomic mass is 10.1. The van der Waals surface area contributed by atoms with Gasteiger partial charge in [-0.05, 0) is 30.8 Å². The molecule has 0 radical (unpaired) electrons. The van der Waals surface area contributed by atoms with Crippen LogP contribution in [0.4, 0.5) is 0 Å². The van der Waals surface area contributed by atoms with Gasteiger partial charge in [0, 0.05) is 12.5 Å². The number of hydrogen-bond donors (Lipinski definition) is 1. The van der Waals surface area contributed by atoms with Gasteiger partial charge >= 0.3 is 0 Å². The Kier molecular flexibility index (Phi) is 5.99. The van der Waals surface area contributed by atoms with E-state index in [-0.39, 0.29) is 0 Å². The van der Waals surface area contributed by atoms with E-state index >= 15 is 0 Å². The molecule has 0 saturated heterocycles. The minimum atomic E-state index is 0.325. The van der Waals surface area contributed by atoms with Crippen LogP contribution >= 0.6 is 11.3 Å². The van der Waals surface area contributed by atoms with Crippen molar-refractivity contribution < 1.29 is 4.74 Å². The van der Waals surface area contributed by atoms with Crippen LogP contribution < -0.4 is 10.1 Å². The van der Waals surface area contributed by atoms with Crippen LogP contribution in [0, 0.1) is 12.3 Å². The van der Waals surface area contributed by atoms with Crippen LogP contribution in [0.15, 0.2) is 11.4 Å². The molecular formula is C13H19NOS. The van der Waals surface area contributed by atoms with Crippen LogP contribution in [0.3, 0.4) is 0 Å². The predicted molar refractivity (Wildman–Crippen MR) is 70.0 cm³/mol. The fourth-order valence-electron chi connectivity index (χ4n) is 1.60. The molecule has 16 heavy (non-hydrogen) atoms. The lowest BCUT2D eigenvalue weighted by Crippen LogP contribution is -2.21. The number of ether oxygens (including phenoxy) is 1. The molecule has 0 bridgehead atoms. The van der Waals surface area contributed by atoms with Crippen LogP contribution in [0.2, 0.25) is 0 Å². The van der Waals surface area contributed by atoms with Crippen molar-refractivity contribution in [3.8, 4) is 18.1 Å². The molecule has 1 N–H and O–H groups in total. The van der Waals surface area contributed by atoms with Crippen LogP contribution in [-0.4, -0.2) is 13.7 Å². The van der Waals surface area contributed by atoms with E-state index in [9.17, 15) is 0 Å². The summed E-state index contributed by atoms with van der Waals surface area (Å²) in [5, 5.41) is 5.58. The van der Waals surface area contributed by atoms with Crippen molar-refractivity contribution in [3.63, 3.8) is 0 Å². The van der Waals surface area contributed by atoms with Crippen LogP contribution in [0.1, 0.15) is 37.1 Å². The van der Waals surface area contributed by atoms with E-state index in [2.05, 4.69) is 23.5 Å². The summed E-state index contributed by atoms with van der Waals surface area (Å²) in [4.78, 5) is 1.26. The number of hydrogen-bond acceptors (Lipinski definition) is 3. The molecule has 88 valence electrons. The number of terminal acetylenes is 1. The monoisotopic (exact) mass is 237 g/mol. The fourth-order valence-corrected chi connectivity index (χ4v) is 2.58. The number of methoxy groups -OCH3 is 1. The average molecular weight is 237 g/mol. The van der Waals surface area contributed by atoms with Gasteiger partial charge in [0.25, 0.3) is 0 Å². The Hall–Kier alpha value is -0.980. The second kappa shape index (κ2) is 7.32. The molecule has 1 atom stereocenters. The molecular weight excluding hydrogens is 218 g/mol. The molecule has 1 aromatic rings. The Balaban J connectivity index is 2.70. The highest BCUT2D eigenvalue weighted by Crippen LogP contribution is 2.33. The second-order valence-corrected chi connectivity index (χ2v) is 4.55. The SMILES string of the molecule is C#CCCC(NCCC)c1sccc1OC. The molecule has 1 heterocycles. The van der Waals surface area contributed by atoms with Gasteiger partial charge in [0.05, 0.1) is 12.0 Å². The summed E-state index contributed by atoms with van der Waals surface area (Å²) < 4.78 is 5.34. The maximum Gasteiger partial charge on any atom is 0.134 e. The van der Waals surface area contributed by atoms with Crippen molar-refractivity contribution >= 4 is 11.3 Å². The molecule has 1 unspecified atom stereocenters. The van der Waals surface area contributed by atoms with Crippen molar-refractivity contribution in [1.29, 1.82) is 0 Å². The quantitative estimate of drug-likeness (QED) is 0.735. The highest BCUT2D eigenvalue weighted by atomic mass is 32.1. The minimum absolute atomic E-state index is 0.325. The zero-order valence-corrected chi connectivity index (χ0v) is 10.8. The summed E-state index contributed by atoms with van der Waals surface area (Å²) in [7, 11) is 1.71. The van der Waals surface area contributed by atoms with Crippen molar-refractivity contribution in [2.45, 2.75) is 32.2 Å². The van der Waals surface area contributed by atoms with Gasteiger partial charge < -0.3 is 10.1 Å². The summed E-state index contributed by atoms with van der Waals surface area (Å²) in [6.07, 6.45) is 8.21. The summed E-state index contributed by atoms with van der Waals surface area (Å²) >= 11 is 1.73. The van der Waals surface area contributed by atoms with E-state index in [1.807, 2.05) is 6.07 Å². The molecule has 1 rings (SSSR count). The van der Waals surface area contributed by atoms with Gasteiger partial charge in [0.15, 0.2) is 0 Å². The first-order chi connectivity index (χ1) is 7.83. The van der Waals surface area contributed by atoms with E-state index in [0.717, 1.165) is 31.6 Å². The third-order valence-electron chi connectivity index (χ3n) is 2.41. The largest absolute Gasteiger partial charge is 0.496 e. The summed E-state index contributed by atoms with van der Waals surface area (Å²) in [5.41, 5.74) is 0. The number of nitrogens with one attached hydrogen (secondary N) is 1. The lowest BCUT2D eigenvalue weighted by molar-refractivity contribution is 0.400. The van der Waals surface area contributed by atoms with Crippen LogP contribution in [-0.2, 0) is 0 Å². The van der Waals surface area contributed by atoms with Crippen LogP contribution in [0.25, 0.3) is 0 Å². The molecule has 0 aliphatic carbocycles. The van der Waals surface area contributed by atoms with Crippen molar-refractivity contribution in [1.82, 2.24) is 5.32 Å². The summed E-state index contributed by atoms with van der Waals surface area (Å²) in [6, 6.07) is 2.34. The summed E-state index contributed by atoms with van der Waals surface area (Å²) in [6.45, 7) is 3.17. The lowest BCUT2D eigenvalue weighted by Gasteiger charge is -2.17. The molecule has 0 saturated carbocycles. The molecule has 1 aromatic heterocycles. The molecule has 0 aliphatic heterocycles. The zero-order valence-electron chi connectivity index (χ0n) is 9.95. The maximum atomic E-state index is 5.34. The van der Waals surface area contributed by atoms with Gasteiger partial charge in [0.2, 0.25) is 0 Å². The fraction of sp³-hybridized carbons (Fsp3) is 0.538. The molecule has 0 aromatic carbocycles. The Bertz CT molecular complexity index is 340. The van der Waals surface area contributed by atoms with Gasteiger partial charge in [-0.1, -0.05) is 6.92 Å². The van der Waals surface area contributed by atoms with E-state index in [4.69, 9.17) is 11.2 Å². The highest BCUT2D eigenvalue weighted by molar-refractivity contribution is 7.10. The Labute approximate surface area is 102 Å². The highest BCUT2D eigenvalue weighted by Gasteiger charge is 2.16. The van der Waals surface area contributed by atoms with E-state index in [1.54, 1.807) is 18.4 Å². The molecule has 0 amide bonds. The normalized spacial score (nSPS) is 12.1. The topological polar surface area (TPSA) is 21.3 Å². The molecule has 0 fully saturated rings. The standard InChI is InChI=1S/C13H19NOS/c1-4-6-7-11(14-9-5-2)13-12(15-3)8-10-16-13/h1,8,10-11,14H,5-7,9H2,2-3H3. The molecule has 0 aliphatic rings. The third-order valence-corrected chi connectivity index (χ3v) is 3.42. The first-order valence-electron chi connectivity index (χ1n) is 5.61. The first-order valence-corrected chi connectivity index (χ1v) is 6.49. The molecule has 3 heteroatoms. The van der Waals surface area contributed by atoms with Crippen LogP contribution in [0.5, 0.6) is 5.75 Å². The van der Waals surface area contributed by atoms with Crippen molar-refractivity contribution in [2.75, 3.05) is 13.7 Å². The van der Waals surface area contributed by atoms with Gasteiger partial charge in [-0.2, -0.15) is 0 Å². The Morgan fingerprint density at radius 3 is 3.06 bits per heavy atom. The van der Waals surface area contributed by atoms with E-state index in [1.165, 1.54) is 4.88 Å². The van der Waals surface area contributed by atoms with Gasteiger partial charge in [0.1, 0.15) is 5.75 Å². The summed E-state index contributed by atoms with van der Waals surface area (Å²) in [5.74, 6) is 3.67. The number of rotatable bonds is 7. The smallest absolute Gasteiger partial charge is 0.134 e. The maximum absolute atomic E-state index is 5.34. The van der Waals surface area contributed by atoms with Crippen molar-refractivity contribution in [2.24, 2.45) is 0 Å². The number of thiophene rings is 1. The Morgan fingerprint density at radius 2 is 2.44 bits per heavy atom. The first kappa shape index (κ1) is 13.1. The van der Waals surface area contributed by atoms with Gasteiger partial charge in [-0.25, -0.2) is 0 Å². The van der Waals surface area contributed by atoms with E-state index in [0.29, 0.717) is 6.04 Å². The average Bonchev–Trinajstić information content (AvgIpc) is 2.77.